The fraction of sp³-hybridized carbons (Fsp3) is 0.833. The van der Waals surface area contributed by atoms with Crippen molar-refractivity contribution in [3.05, 3.63) is 0 Å². The summed E-state index contributed by atoms with van der Waals surface area (Å²) in [5.74, 6) is -1.05. The van der Waals surface area contributed by atoms with E-state index in [4.69, 9.17) is 5.11 Å². The maximum atomic E-state index is 12.0. The molecule has 0 spiro atoms. The molecule has 5 nitrogen and oxygen atoms in total. The van der Waals surface area contributed by atoms with Crippen molar-refractivity contribution in [2.45, 2.75) is 45.7 Å². The fourth-order valence-electron chi connectivity index (χ4n) is 1.94. The second-order valence-corrected chi connectivity index (χ2v) is 4.84. The summed E-state index contributed by atoms with van der Waals surface area (Å²) in [6.45, 7) is 5.79. The maximum Gasteiger partial charge on any atom is 0.326 e. The van der Waals surface area contributed by atoms with E-state index in [0.717, 1.165) is 6.42 Å². The minimum absolute atomic E-state index is 0.140. The monoisotopic (exact) mass is 244 g/mol. The zero-order valence-corrected chi connectivity index (χ0v) is 11.4. The Bertz CT molecular complexity index is 256. The Balaban J connectivity index is 4.62. The average molecular weight is 244 g/mol. The second kappa shape index (κ2) is 7.27. The Kier molecular flexibility index (Phi) is 6.80. The number of nitrogens with one attached hydrogen (secondary N) is 1. The average Bonchev–Trinajstić information content (AvgIpc) is 2.15. The summed E-state index contributed by atoms with van der Waals surface area (Å²) in [6.07, 6.45) is 1.19. The van der Waals surface area contributed by atoms with Crippen LogP contribution in [0, 0.1) is 5.92 Å². The highest BCUT2D eigenvalue weighted by Crippen LogP contribution is 2.08. The molecule has 100 valence electrons. The van der Waals surface area contributed by atoms with E-state index < -0.39 is 12.0 Å². The molecule has 0 bridgehead atoms. The lowest BCUT2D eigenvalue weighted by molar-refractivity contribution is -0.143. The third kappa shape index (κ3) is 5.17. The minimum Gasteiger partial charge on any atom is -0.480 e. The largest absolute Gasteiger partial charge is 0.480 e. The summed E-state index contributed by atoms with van der Waals surface area (Å²) >= 11 is 0. The van der Waals surface area contributed by atoms with Crippen molar-refractivity contribution in [2.75, 3.05) is 14.1 Å². The molecule has 2 atom stereocenters. The van der Waals surface area contributed by atoms with Gasteiger partial charge in [-0.05, 0) is 26.4 Å². The standard InChI is InChI=1S/C12H24N2O3/c1-6-7-9(12(16)17)13-11(15)10(8(2)3)14(4)5/h8-10H,6-7H2,1-5H3,(H,13,15)(H,16,17). The van der Waals surface area contributed by atoms with Gasteiger partial charge in [0.1, 0.15) is 6.04 Å². The number of rotatable bonds is 7. The second-order valence-electron chi connectivity index (χ2n) is 4.84. The molecule has 0 fully saturated rings. The van der Waals surface area contributed by atoms with E-state index in [1.165, 1.54) is 0 Å². The number of hydrogen-bond donors (Lipinski definition) is 2. The zero-order valence-electron chi connectivity index (χ0n) is 11.4. The van der Waals surface area contributed by atoms with Crippen LogP contribution in [0.1, 0.15) is 33.6 Å². The van der Waals surface area contributed by atoms with Crippen LogP contribution in [0.5, 0.6) is 0 Å². The van der Waals surface area contributed by atoms with Gasteiger partial charge in [0, 0.05) is 0 Å². The number of amides is 1. The van der Waals surface area contributed by atoms with Gasteiger partial charge in [0.05, 0.1) is 6.04 Å². The highest BCUT2D eigenvalue weighted by molar-refractivity contribution is 5.87. The Morgan fingerprint density at radius 3 is 2.12 bits per heavy atom. The van der Waals surface area contributed by atoms with Crippen LogP contribution in [0.3, 0.4) is 0 Å². The van der Waals surface area contributed by atoms with Crippen LogP contribution >= 0.6 is 0 Å². The molecule has 0 aliphatic carbocycles. The Labute approximate surface area is 103 Å². The topological polar surface area (TPSA) is 69.6 Å². The number of carbonyl (C=O) groups excluding carboxylic acids is 1. The van der Waals surface area contributed by atoms with Crippen LogP contribution in [0.25, 0.3) is 0 Å². The molecule has 5 heteroatoms. The summed E-state index contributed by atoms with van der Waals surface area (Å²) in [7, 11) is 3.64. The van der Waals surface area contributed by atoms with Crippen molar-refractivity contribution in [1.82, 2.24) is 10.2 Å². The van der Waals surface area contributed by atoms with E-state index in [1.54, 1.807) is 0 Å². The number of carboxylic acid groups (broad SMARTS) is 1. The Morgan fingerprint density at radius 1 is 1.29 bits per heavy atom. The number of nitrogens with zero attached hydrogens (tertiary/aromatic N) is 1. The van der Waals surface area contributed by atoms with Crippen LogP contribution in [-0.2, 0) is 9.59 Å². The number of hydrogen-bond acceptors (Lipinski definition) is 3. The van der Waals surface area contributed by atoms with Gasteiger partial charge in [-0.15, -0.1) is 0 Å². The van der Waals surface area contributed by atoms with E-state index in [2.05, 4.69) is 5.32 Å². The van der Waals surface area contributed by atoms with E-state index in [0.29, 0.717) is 6.42 Å². The van der Waals surface area contributed by atoms with E-state index in [9.17, 15) is 9.59 Å². The minimum atomic E-state index is -0.971. The predicted molar refractivity (Wildman–Crippen MR) is 66.8 cm³/mol. The summed E-state index contributed by atoms with van der Waals surface area (Å²) in [6, 6.07) is -1.08. The van der Waals surface area contributed by atoms with Crippen molar-refractivity contribution in [3.8, 4) is 0 Å². The molecule has 0 aliphatic heterocycles. The normalized spacial score (nSPS) is 14.8. The van der Waals surface area contributed by atoms with Gasteiger partial charge in [-0.25, -0.2) is 4.79 Å². The summed E-state index contributed by atoms with van der Waals surface area (Å²) in [4.78, 5) is 24.8. The van der Waals surface area contributed by atoms with E-state index in [-0.39, 0.29) is 17.9 Å². The van der Waals surface area contributed by atoms with Gasteiger partial charge in [-0.1, -0.05) is 27.2 Å². The smallest absolute Gasteiger partial charge is 0.326 e. The molecular weight excluding hydrogens is 220 g/mol. The zero-order chi connectivity index (χ0) is 13.6. The third-order valence-electron chi connectivity index (χ3n) is 2.65. The molecule has 17 heavy (non-hydrogen) atoms. The van der Waals surface area contributed by atoms with Crippen LogP contribution in [0.4, 0.5) is 0 Å². The molecule has 1 amide bonds. The number of carbonyl (C=O) groups is 2. The number of carboxylic acids is 1. The van der Waals surface area contributed by atoms with Crippen molar-refractivity contribution in [3.63, 3.8) is 0 Å². The number of likely N-dealkylation sites (N-methyl/N-ethyl adjacent to an activating group) is 1. The fourth-order valence-corrected chi connectivity index (χ4v) is 1.94. The highest BCUT2D eigenvalue weighted by atomic mass is 16.4. The van der Waals surface area contributed by atoms with Crippen molar-refractivity contribution < 1.29 is 14.7 Å². The molecular formula is C12H24N2O3. The lowest BCUT2D eigenvalue weighted by Gasteiger charge is -2.28. The first-order valence-corrected chi connectivity index (χ1v) is 6.00. The summed E-state index contributed by atoms with van der Waals surface area (Å²) in [5.41, 5.74) is 0. The first-order valence-electron chi connectivity index (χ1n) is 6.00. The first-order chi connectivity index (χ1) is 7.81. The van der Waals surface area contributed by atoms with Crippen molar-refractivity contribution in [2.24, 2.45) is 5.92 Å². The lowest BCUT2D eigenvalue weighted by atomic mass is 10.0. The van der Waals surface area contributed by atoms with Crippen LogP contribution < -0.4 is 5.32 Å². The third-order valence-corrected chi connectivity index (χ3v) is 2.65. The molecule has 0 rings (SSSR count). The summed E-state index contributed by atoms with van der Waals surface area (Å²) < 4.78 is 0. The van der Waals surface area contributed by atoms with Gasteiger partial charge in [0.25, 0.3) is 0 Å². The summed E-state index contributed by atoms with van der Waals surface area (Å²) in [5, 5.41) is 11.6. The Hall–Kier alpha value is -1.10. The molecule has 0 saturated heterocycles. The first kappa shape index (κ1) is 15.9. The SMILES string of the molecule is CCCC(NC(=O)C(C(C)C)N(C)C)C(=O)O. The van der Waals surface area contributed by atoms with Crippen LogP contribution in [0.2, 0.25) is 0 Å². The molecule has 0 aromatic rings. The quantitative estimate of drug-likeness (QED) is 0.699. The molecule has 0 aromatic carbocycles. The van der Waals surface area contributed by atoms with Gasteiger partial charge in [0.2, 0.25) is 5.91 Å². The molecule has 0 saturated carbocycles. The Morgan fingerprint density at radius 2 is 1.82 bits per heavy atom. The van der Waals surface area contributed by atoms with Gasteiger partial charge in [0.15, 0.2) is 0 Å². The molecule has 0 heterocycles. The van der Waals surface area contributed by atoms with Crippen molar-refractivity contribution >= 4 is 11.9 Å². The van der Waals surface area contributed by atoms with Crippen LogP contribution in [-0.4, -0.2) is 48.1 Å². The van der Waals surface area contributed by atoms with E-state index >= 15 is 0 Å². The van der Waals surface area contributed by atoms with Crippen LogP contribution in [0.15, 0.2) is 0 Å². The number of aliphatic carboxylic acids is 1. The van der Waals surface area contributed by atoms with Gasteiger partial charge < -0.3 is 10.4 Å². The molecule has 2 N–H and O–H groups in total. The van der Waals surface area contributed by atoms with Gasteiger partial charge in [-0.2, -0.15) is 0 Å². The predicted octanol–water partition coefficient (Wildman–Crippen LogP) is 0.942. The molecule has 0 aromatic heterocycles. The van der Waals surface area contributed by atoms with Gasteiger partial charge in [-0.3, -0.25) is 9.69 Å². The van der Waals surface area contributed by atoms with E-state index in [1.807, 2.05) is 39.8 Å². The molecule has 2 unspecified atom stereocenters. The maximum absolute atomic E-state index is 12.0. The highest BCUT2D eigenvalue weighted by Gasteiger charge is 2.28. The van der Waals surface area contributed by atoms with Gasteiger partial charge >= 0.3 is 5.97 Å². The van der Waals surface area contributed by atoms with Crippen molar-refractivity contribution in [1.29, 1.82) is 0 Å². The molecule has 0 aliphatic rings. The lowest BCUT2D eigenvalue weighted by Crippen LogP contribution is -2.51. The molecule has 0 radical (unpaired) electrons.